The van der Waals surface area contributed by atoms with Crippen LogP contribution in [0.5, 0.6) is 0 Å². The molecule has 1 aromatic carbocycles. The van der Waals surface area contributed by atoms with Crippen molar-refractivity contribution in [3.05, 3.63) is 36.2 Å². The van der Waals surface area contributed by atoms with Gasteiger partial charge in [-0.25, -0.2) is 0 Å². The lowest BCUT2D eigenvalue weighted by molar-refractivity contribution is -0.130. The summed E-state index contributed by atoms with van der Waals surface area (Å²) in [5.41, 5.74) is 0.942. The van der Waals surface area contributed by atoms with Crippen molar-refractivity contribution in [3.63, 3.8) is 0 Å². The zero-order valence-corrected chi connectivity index (χ0v) is 14.6. The van der Waals surface area contributed by atoms with E-state index >= 15 is 0 Å². The molecule has 6 nitrogen and oxygen atoms in total. The molecule has 132 valence electrons. The molecule has 2 aromatic rings. The van der Waals surface area contributed by atoms with Gasteiger partial charge in [-0.2, -0.15) is 0 Å². The molecule has 6 heteroatoms. The molecule has 1 amide bonds. The molecule has 0 saturated carbocycles. The summed E-state index contributed by atoms with van der Waals surface area (Å²) < 4.78 is 5.87. The lowest BCUT2D eigenvalue weighted by Gasteiger charge is -2.34. The summed E-state index contributed by atoms with van der Waals surface area (Å²) in [6.45, 7) is 4.26. The first-order valence-electron chi connectivity index (χ1n) is 9.11. The number of amides is 1. The third kappa shape index (κ3) is 3.31. The first kappa shape index (κ1) is 16.3. The van der Waals surface area contributed by atoms with Gasteiger partial charge in [0.05, 0.1) is 6.54 Å². The van der Waals surface area contributed by atoms with Crippen LogP contribution in [0.3, 0.4) is 0 Å². The predicted octanol–water partition coefficient (Wildman–Crippen LogP) is 2.71. The van der Waals surface area contributed by atoms with Crippen molar-refractivity contribution in [2.24, 2.45) is 0 Å². The van der Waals surface area contributed by atoms with Crippen LogP contribution < -0.4 is 0 Å². The Morgan fingerprint density at radius 2 is 1.88 bits per heavy atom. The van der Waals surface area contributed by atoms with E-state index in [9.17, 15) is 4.79 Å². The SMILES string of the molecule is CC(=O)N1CCC[C@@H]1[C@@H]1CCCN1Cc1nnc(-c2ccccc2)o1. The lowest BCUT2D eigenvalue weighted by atomic mass is 10.0. The minimum Gasteiger partial charge on any atom is -0.419 e. The smallest absolute Gasteiger partial charge is 0.247 e. The van der Waals surface area contributed by atoms with Crippen LogP contribution in [0, 0.1) is 0 Å². The normalized spacial score (nSPS) is 24.1. The van der Waals surface area contributed by atoms with Crippen LogP contribution in [-0.4, -0.2) is 51.1 Å². The van der Waals surface area contributed by atoms with Crippen molar-refractivity contribution in [3.8, 4) is 11.5 Å². The van der Waals surface area contributed by atoms with Gasteiger partial charge in [-0.15, -0.1) is 10.2 Å². The number of likely N-dealkylation sites (tertiary alicyclic amines) is 2. The molecule has 2 aliphatic heterocycles. The molecule has 0 radical (unpaired) electrons. The number of carbonyl (C=O) groups excluding carboxylic acids is 1. The van der Waals surface area contributed by atoms with Crippen molar-refractivity contribution in [1.29, 1.82) is 0 Å². The summed E-state index contributed by atoms with van der Waals surface area (Å²) in [4.78, 5) is 16.4. The molecule has 2 atom stereocenters. The van der Waals surface area contributed by atoms with Crippen LogP contribution in [-0.2, 0) is 11.3 Å². The van der Waals surface area contributed by atoms with E-state index in [0.717, 1.165) is 44.3 Å². The van der Waals surface area contributed by atoms with E-state index in [0.29, 0.717) is 30.4 Å². The van der Waals surface area contributed by atoms with Gasteiger partial charge < -0.3 is 9.32 Å². The first-order valence-corrected chi connectivity index (χ1v) is 9.11. The van der Waals surface area contributed by atoms with E-state index in [-0.39, 0.29) is 5.91 Å². The zero-order chi connectivity index (χ0) is 17.2. The van der Waals surface area contributed by atoms with Gasteiger partial charge in [0.1, 0.15) is 0 Å². The molecule has 25 heavy (non-hydrogen) atoms. The fraction of sp³-hybridized carbons (Fsp3) is 0.526. The van der Waals surface area contributed by atoms with Crippen molar-refractivity contribution >= 4 is 5.91 Å². The summed E-state index contributed by atoms with van der Waals surface area (Å²) >= 11 is 0. The topological polar surface area (TPSA) is 62.5 Å². The average Bonchev–Trinajstić information content (AvgIpc) is 3.36. The Bertz CT molecular complexity index is 730. The minimum absolute atomic E-state index is 0.193. The molecular formula is C19H24N4O2. The maximum atomic E-state index is 11.9. The summed E-state index contributed by atoms with van der Waals surface area (Å²) in [6, 6.07) is 10.6. The van der Waals surface area contributed by atoms with E-state index in [2.05, 4.69) is 15.1 Å². The van der Waals surface area contributed by atoms with E-state index in [4.69, 9.17) is 4.42 Å². The van der Waals surface area contributed by atoms with Gasteiger partial charge in [0.25, 0.3) is 0 Å². The Kier molecular flexibility index (Phi) is 4.53. The first-order chi connectivity index (χ1) is 12.2. The predicted molar refractivity (Wildman–Crippen MR) is 93.6 cm³/mol. The fourth-order valence-corrected chi connectivity index (χ4v) is 4.26. The highest BCUT2D eigenvalue weighted by atomic mass is 16.4. The Morgan fingerprint density at radius 1 is 1.12 bits per heavy atom. The number of nitrogens with zero attached hydrogens (tertiary/aromatic N) is 4. The minimum atomic E-state index is 0.193. The van der Waals surface area contributed by atoms with E-state index in [1.165, 1.54) is 0 Å². The highest BCUT2D eigenvalue weighted by molar-refractivity contribution is 5.74. The van der Waals surface area contributed by atoms with Crippen LogP contribution in [0.15, 0.2) is 34.7 Å². The maximum absolute atomic E-state index is 11.9. The number of hydrogen-bond acceptors (Lipinski definition) is 5. The molecule has 0 N–H and O–H groups in total. The molecule has 4 rings (SSSR count). The van der Waals surface area contributed by atoms with E-state index < -0.39 is 0 Å². The van der Waals surface area contributed by atoms with Crippen LogP contribution in [0.25, 0.3) is 11.5 Å². The van der Waals surface area contributed by atoms with Crippen LogP contribution in [0.4, 0.5) is 0 Å². The maximum Gasteiger partial charge on any atom is 0.247 e. The van der Waals surface area contributed by atoms with Gasteiger partial charge in [0.2, 0.25) is 17.7 Å². The number of carbonyl (C=O) groups is 1. The Balaban J connectivity index is 1.47. The Morgan fingerprint density at radius 3 is 2.68 bits per heavy atom. The van der Waals surface area contributed by atoms with E-state index in [1.807, 2.05) is 35.2 Å². The Hall–Kier alpha value is -2.21. The zero-order valence-electron chi connectivity index (χ0n) is 14.6. The highest BCUT2D eigenvalue weighted by Gasteiger charge is 2.39. The Labute approximate surface area is 147 Å². The largest absolute Gasteiger partial charge is 0.419 e. The quantitative estimate of drug-likeness (QED) is 0.856. The van der Waals surface area contributed by atoms with Crippen LogP contribution in [0.2, 0.25) is 0 Å². The molecular weight excluding hydrogens is 316 g/mol. The summed E-state index contributed by atoms with van der Waals surface area (Å²) in [5, 5.41) is 8.42. The molecule has 1 aromatic heterocycles. The molecule has 3 heterocycles. The van der Waals surface area contributed by atoms with Crippen molar-refractivity contribution in [2.45, 2.75) is 51.2 Å². The summed E-state index contributed by atoms with van der Waals surface area (Å²) in [5.74, 6) is 1.41. The van der Waals surface area contributed by atoms with Gasteiger partial charge in [-0.05, 0) is 44.4 Å². The van der Waals surface area contributed by atoms with Gasteiger partial charge >= 0.3 is 0 Å². The fourth-order valence-electron chi connectivity index (χ4n) is 4.26. The van der Waals surface area contributed by atoms with Crippen LogP contribution in [0.1, 0.15) is 38.5 Å². The van der Waals surface area contributed by atoms with E-state index in [1.54, 1.807) is 6.92 Å². The van der Waals surface area contributed by atoms with Gasteiger partial charge in [0, 0.05) is 31.1 Å². The second-order valence-corrected chi connectivity index (χ2v) is 6.97. The summed E-state index contributed by atoms with van der Waals surface area (Å²) in [6.07, 6.45) is 4.49. The van der Waals surface area contributed by atoms with Crippen molar-refractivity contribution in [1.82, 2.24) is 20.0 Å². The average molecular weight is 340 g/mol. The van der Waals surface area contributed by atoms with Crippen molar-refractivity contribution < 1.29 is 9.21 Å². The monoisotopic (exact) mass is 340 g/mol. The number of hydrogen-bond donors (Lipinski definition) is 0. The lowest BCUT2D eigenvalue weighted by Crippen LogP contribution is -2.47. The van der Waals surface area contributed by atoms with Crippen molar-refractivity contribution in [2.75, 3.05) is 13.1 Å². The van der Waals surface area contributed by atoms with Gasteiger partial charge in [-0.1, -0.05) is 18.2 Å². The molecule has 0 unspecified atom stereocenters. The molecule has 0 spiro atoms. The number of aromatic nitrogens is 2. The summed E-state index contributed by atoms with van der Waals surface area (Å²) in [7, 11) is 0. The standard InChI is InChI=1S/C19H24N4O2/c1-14(24)23-12-6-10-17(23)16-9-5-11-22(16)13-18-20-21-19(25-18)15-7-3-2-4-8-15/h2-4,7-8,16-17H,5-6,9-13H2,1H3/t16-,17+/m0/s1. The van der Waals surface area contributed by atoms with Crippen LogP contribution >= 0.6 is 0 Å². The van der Waals surface area contributed by atoms with Gasteiger partial charge in [0.15, 0.2) is 0 Å². The number of benzene rings is 1. The highest BCUT2D eigenvalue weighted by Crippen LogP contribution is 2.31. The third-order valence-electron chi connectivity index (χ3n) is 5.39. The molecule has 2 saturated heterocycles. The number of rotatable bonds is 4. The molecule has 0 aliphatic carbocycles. The molecule has 0 bridgehead atoms. The second-order valence-electron chi connectivity index (χ2n) is 6.97. The second kappa shape index (κ2) is 6.96. The van der Waals surface area contributed by atoms with Gasteiger partial charge in [-0.3, -0.25) is 9.69 Å². The molecule has 2 fully saturated rings. The molecule has 2 aliphatic rings. The third-order valence-corrected chi connectivity index (χ3v) is 5.39.